The number of rotatable bonds is 3. The van der Waals surface area contributed by atoms with Gasteiger partial charge in [-0.05, 0) is 45.4 Å². The lowest BCUT2D eigenvalue weighted by Gasteiger charge is -2.25. The van der Waals surface area contributed by atoms with Crippen molar-refractivity contribution >= 4 is 11.9 Å². The van der Waals surface area contributed by atoms with E-state index in [1.807, 2.05) is 20.8 Å². The van der Waals surface area contributed by atoms with Gasteiger partial charge in [0.2, 0.25) is 0 Å². The van der Waals surface area contributed by atoms with Crippen LogP contribution in [0.4, 0.5) is 4.79 Å². The fraction of sp³-hybridized carbons (Fsp3) is 0.867. The zero-order valence-electron chi connectivity index (χ0n) is 12.8. The topological polar surface area (TPSA) is 55.8 Å². The second kappa shape index (κ2) is 5.72. The van der Waals surface area contributed by atoms with Crippen LogP contribution in [0.15, 0.2) is 0 Å². The molecule has 0 spiro atoms. The Kier molecular flexibility index (Phi) is 4.37. The number of hydrogen-bond acceptors (Lipinski definition) is 4. The third-order valence-electron chi connectivity index (χ3n) is 4.14. The Bertz CT molecular complexity index is 374. The van der Waals surface area contributed by atoms with E-state index in [9.17, 15) is 9.59 Å². The number of fused-ring (bicyclic) bond motifs is 1. The second-order valence-electron chi connectivity index (χ2n) is 6.97. The number of amides is 1. The minimum Gasteiger partial charge on any atom is -0.444 e. The van der Waals surface area contributed by atoms with Gasteiger partial charge in [0.25, 0.3) is 0 Å². The van der Waals surface area contributed by atoms with Gasteiger partial charge >= 0.3 is 6.09 Å². The van der Waals surface area contributed by atoms with E-state index in [0.29, 0.717) is 11.8 Å². The number of Topliss-reactive ketones (excluding diaryl/α,β-unsaturated/α-hetero) is 1. The molecule has 114 valence electrons. The van der Waals surface area contributed by atoms with Crippen LogP contribution >= 0.6 is 0 Å². The van der Waals surface area contributed by atoms with E-state index in [0.717, 1.165) is 25.9 Å². The van der Waals surface area contributed by atoms with Crippen LogP contribution in [0.2, 0.25) is 0 Å². The van der Waals surface area contributed by atoms with E-state index in [1.165, 1.54) is 0 Å². The first kappa shape index (κ1) is 15.3. The molecular weight excluding hydrogens is 258 g/mol. The van der Waals surface area contributed by atoms with Crippen LogP contribution in [0.25, 0.3) is 0 Å². The van der Waals surface area contributed by atoms with Gasteiger partial charge in [-0.3, -0.25) is 4.79 Å². The van der Waals surface area contributed by atoms with Crippen LogP contribution in [0.1, 0.15) is 33.6 Å². The van der Waals surface area contributed by atoms with Crippen LogP contribution in [0.5, 0.6) is 0 Å². The van der Waals surface area contributed by atoms with E-state index in [4.69, 9.17) is 9.47 Å². The van der Waals surface area contributed by atoms with E-state index >= 15 is 0 Å². The number of ketones is 1. The van der Waals surface area contributed by atoms with E-state index < -0.39 is 5.60 Å². The molecule has 5 heteroatoms. The molecule has 1 saturated heterocycles. The maximum absolute atomic E-state index is 12.0. The molecule has 20 heavy (non-hydrogen) atoms. The highest BCUT2D eigenvalue weighted by atomic mass is 16.6. The first-order chi connectivity index (χ1) is 9.30. The molecule has 0 N–H and O–H groups in total. The normalized spacial score (nSPS) is 29.4. The van der Waals surface area contributed by atoms with Gasteiger partial charge in [0, 0.05) is 26.1 Å². The van der Waals surface area contributed by atoms with Crippen molar-refractivity contribution in [1.29, 1.82) is 0 Å². The largest absolute Gasteiger partial charge is 0.444 e. The number of ether oxygens (including phenoxy) is 2. The molecule has 0 bridgehead atoms. The Morgan fingerprint density at radius 1 is 1.15 bits per heavy atom. The Balaban J connectivity index is 1.85. The maximum atomic E-state index is 12.0. The third-order valence-corrected chi connectivity index (χ3v) is 4.14. The number of methoxy groups -OCH3 is 1. The summed E-state index contributed by atoms with van der Waals surface area (Å²) in [6.07, 6.45) is 1.53. The van der Waals surface area contributed by atoms with Crippen molar-refractivity contribution in [2.75, 3.05) is 26.8 Å². The number of nitrogens with zero attached hydrogens (tertiary/aromatic N) is 1. The molecule has 2 atom stereocenters. The highest BCUT2D eigenvalue weighted by Crippen LogP contribution is 2.42. The molecule has 5 nitrogen and oxygen atoms in total. The van der Waals surface area contributed by atoms with Gasteiger partial charge in [-0.1, -0.05) is 0 Å². The lowest BCUT2D eigenvalue weighted by Crippen LogP contribution is -2.36. The third kappa shape index (κ3) is 3.51. The van der Waals surface area contributed by atoms with Crippen molar-refractivity contribution in [3.63, 3.8) is 0 Å². The number of carbonyl (C=O) groups excluding carboxylic acids is 2. The summed E-state index contributed by atoms with van der Waals surface area (Å²) in [5, 5.41) is 0. The highest BCUT2D eigenvalue weighted by Gasteiger charge is 2.45. The minimum atomic E-state index is -0.453. The van der Waals surface area contributed by atoms with Crippen molar-refractivity contribution in [3.8, 4) is 0 Å². The monoisotopic (exact) mass is 283 g/mol. The Morgan fingerprint density at radius 2 is 1.70 bits per heavy atom. The van der Waals surface area contributed by atoms with Gasteiger partial charge in [0.1, 0.15) is 12.2 Å². The van der Waals surface area contributed by atoms with Gasteiger partial charge in [0.15, 0.2) is 5.78 Å². The highest BCUT2D eigenvalue weighted by molar-refractivity contribution is 5.82. The summed E-state index contributed by atoms with van der Waals surface area (Å²) in [5.74, 6) is 1.19. The van der Waals surface area contributed by atoms with Gasteiger partial charge in [0.05, 0.1) is 0 Å². The van der Waals surface area contributed by atoms with E-state index in [1.54, 1.807) is 12.0 Å². The molecule has 0 radical (unpaired) electrons. The number of likely N-dealkylation sites (tertiary alicyclic amines) is 1. The molecule has 1 saturated carbocycles. The zero-order chi connectivity index (χ0) is 14.9. The van der Waals surface area contributed by atoms with Gasteiger partial charge in [-0.25, -0.2) is 4.79 Å². The molecule has 0 aromatic carbocycles. The molecule has 1 aliphatic carbocycles. The van der Waals surface area contributed by atoms with Crippen molar-refractivity contribution in [3.05, 3.63) is 0 Å². The van der Waals surface area contributed by atoms with Gasteiger partial charge in [-0.15, -0.1) is 0 Å². The summed E-state index contributed by atoms with van der Waals surface area (Å²) >= 11 is 0. The standard InChI is InChI=1S/C15H25NO4/c1-15(2,3)20-14(18)16-7-11-5-10(6-12(11)8-16)13(17)9-19-4/h10-12H,5-9H2,1-4H3. The van der Waals surface area contributed by atoms with Crippen molar-refractivity contribution < 1.29 is 19.1 Å². The summed E-state index contributed by atoms with van der Waals surface area (Å²) < 4.78 is 10.3. The summed E-state index contributed by atoms with van der Waals surface area (Å²) in [6.45, 7) is 7.27. The molecule has 2 fully saturated rings. The number of hydrogen-bond donors (Lipinski definition) is 0. The molecular formula is C15H25NO4. The molecule has 2 aliphatic rings. The molecule has 0 aromatic heterocycles. The Hall–Kier alpha value is -1.10. The lowest BCUT2D eigenvalue weighted by atomic mass is 10.0. The first-order valence-electron chi connectivity index (χ1n) is 7.29. The molecule has 1 aliphatic heterocycles. The van der Waals surface area contributed by atoms with E-state index in [-0.39, 0.29) is 24.4 Å². The fourth-order valence-electron chi connectivity index (χ4n) is 3.30. The molecule has 0 aromatic rings. The average molecular weight is 283 g/mol. The summed E-state index contributed by atoms with van der Waals surface area (Å²) in [4.78, 5) is 25.7. The van der Waals surface area contributed by atoms with Crippen LogP contribution in [-0.2, 0) is 14.3 Å². The predicted octanol–water partition coefficient (Wildman–Crippen LogP) is 2.10. The fourth-order valence-corrected chi connectivity index (χ4v) is 3.30. The van der Waals surface area contributed by atoms with Crippen LogP contribution in [0, 0.1) is 17.8 Å². The van der Waals surface area contributed by atoms with Gasteiger partial charge < -0.3 is 14.4 Å². The zero-order valence-corrected chi connectivity index (χ0v) is 12.8. The molecule has 2 unspecified atom stereocenters. The molecule has 1 heterocycles. The second-order valence-corrected chi connectivity index (χ2v) is 6.97. The van der Waals surface area contributed by atoms with Crippen molar-refractivity contribution in [1.82, 2.24) is 4.90 Å². The summed E-state index contributed by atoms with van der Waals surface area (Å²) in [5.41, 5.74) is -0.453. The van der Waals surface area contributed by atoms with Crippen molar-refractivity contribution in [2.45, 2.75) is 39.2 Å². The lowest BCUT2D eigenvalue weighted by molar-refractivity contribution is -0.126. The quantitative estimate of drug-likeness (QED) is 0.796. The average Bonchev–Trinajstić information content (AvgIpc) is 2.83. The Morgan fingerprint density at radius 3 is 2.15 bits per heavy atom. The van der Waals surface area contributed by atoms with Crippen LogP contribution in [0.3, 0.4) is 0 Å². The molecule has 1 amide bonds. The predicted molar refractivity (Wildman–Crippen MR) is 74.4 cm³/mol. The summed E-state index contributed by atoms with van der Waals surface area (Å²) in [6, 6.07) is 0. The number of carbonyl (C=O) groups is 2. The molecule has 2 rings (SSSR count). The SMILES string of the molecule is COCC(=O)C1CC2CN(C(=O)OC(C)(C)C)CC2C1. The maximum Gasteiger partial charge on any atom is 0.410 e. The van der Waals surface area contributed by atoms with Crippen LogP contribution < -0.4 is 0 Å². The smallest absolute Gasteiger partial charge is 0.410 e. The Labute approximate surface area is 120 Å². The first-order valence-corrected chi connectivity index (χ1v) is 7.29. The summed E-state index contributed by atoms with van der Waals surface area (Å²) in [7, 11) is 1.55. The van der Waals surface area contributed by atoms with Gasteiger partial charge in [-0.2, -0.15) is 0 Å². The van der Waals surface area contributed by atoms with E-state index in [2.05, 4.69) is 0 Å². The van der Waals surface area contributed by atoms with Crippen molar-refractivity contribution in [2.24, 2.45) is 17.8 Å². The van der Waals surface area contributed by atoms with Crippen LogP contribution in [-0.4, -0.2) is 49.2 Å². The minimum absolute atomic E-state index is 0.116.